The molecule has 0 saturated carbocycles. The fraction of sp³-hybridized carbons (Fsp3) is 0.872. The van der Waals surface area contributed by atoms with Gasteiger partial charge in [-0.2, -0.15) is 0 Å². The fourth-order valence-electron chi connectivity index (χ4n) is 6.36. The molecular weight excluding hydrogens is 578 g/mol. The third-order valence-electron chi connectivity index (χ3n) is 10.1. The molecular formula is C39H73NO6. The number of carbonyl (C=O) groups is 3. The highest BCUT2D eigenvalue weighted by Gasteiger charge is 2.30. The molecule has 0 bridgehead atoms. The van der Waals surface area contributed by atoms with Crippen LogP contribution in [0.15, 0.2) is 12.7 Å². The lowest BCUT2D eigenvalue weighted by molar-refractivity contribution is -0.929. The summed E-state index contributed by atoms with van der Waals surface area (Å²) < 4.78 is 0.587. The molecule has 3 unspecified atom stereocenters. The predicted octanol–water partition coefficient (Wildman–Crippen LogP) is 9.18. The summed E-state index contributed by atoms with van der Waals surface area (Å²) in [4.78, 5) is 34.4. The van der Waals surface area contributed by atoms with Gasteiger partial charge >= 0.3 is 11.9 Å². The van der Waals surface area contributed by atoms with Gasteiger partial charge in [-0.1, -0.05) is 136 Å². The summed E-state index contributed by atoms with van der Waals surface area (Å²) in [5.41, 5.74) is 0. The Bertz CT molecular complexity index is 725. The number of aliphatic carboxylic acids is 3. The summed E-state index contributed by atoms with van der Waals surface area (Å²) in [5.74, 6) is -4.30. The normalized spacial score (nSPS) is 14.8. The van der Waals surface area contributed by atoms with Crippen LogP contribution >= 0.6 is 0 Å². The number of carboxylic acid groups (broad SMARTS) is 3. The van der Waals surface area contributed by atoms with E-state index in [0.717, 1.165) is 19.4 Å². The van der Waals surface area contributed by atoms with Crippen molar-refractivity contribution in [2.75, 3.05) is 26.2 Å². The molecule has 2 N–H and O–H groups in total. The number of rotatable bonds is 35. The molecule has 0 aromatic rings. The Kier molecular flexibility index (Phi) is 28.1. The Morgan fingerprint density at radius 1 is 0.522 bits per heavy atom. The predicted molar refractivity (Wildman–Crippen MR) is 189 cm³/mol. The van der Waals surface area contributed by atoms with Crippen LogP contribution in [-0.2, 0) is 14.4 Å². The fourth-order valence-corrected chi connectivity index (χ4v) is 6.36. The molecule has 46 heavy (non-hydrogen) atoms. The first-order valence-electron chi connectivity index (χ1n) is 19.2. The number of allylic oxidation sites excluding steroid dienone is 1. The molecule has 0 aliphatic heterocycles. The van der Waals surface area contributed by atoms with E-state index in [1.54, 1.807) is 20.8 Å². The van der Waals surface area contributed by atoms with Crippen LogP contribution in [0.25, 0.3) is 0 Å². The lowest BCUT2D eigenvalue weighted by Crippen LogP contribution is -2.52. The van der Waals surface area contributed by atoms with Crippen LogP contribution < -0.4 is 5.11 Å². The van der Waals surface area contributed by atoms with Gasteiger partial charge in [0.1, 0.15) is 0 Å². The van der Waals surface area contributed by atoms with Crippen LogP contribution in [0.3, 0.4) is 0 Å². The van der Waals surface area contributed by atoms with Gasteiger partial charge in [0.2, 0.25) is 0 Å². The number of hydrogen-bond donors (Lipinski definition) is 2. The van der Waals surface area contributed by atoms with Crippen molar-refractivity contribution in [1.82, 2.24) is 0 Å². The molecule has 0 saturated heterocycles. The topological polar surface area (TPSA) is 115 Å². The first kappa shape index (κ1) is 44.1. The maximum absolute atomic E-state index is 11.5. The van der Waals surface area contributed by atoms with Crippen LogP contribution in [-0.4, -0.2) is 58.8 Å². The maximum atomic E-state index is 11.5. The van der Waals surface area contributed by atoms with E-state index in [-0.39, 0.29) is 0 Å². The average molecular weight is 652 g/mol. The molecule has 0 fully saturated rings. The minimum atomic E-state index is -1.07. The highest BCUT2D eigenvalue weighted by Crippen LogP contribution is 2.22. The second-order valence-corrected chi connectivity index (χ2v) is 14.4. The van der Waals surface area contributed by atoms with E-state index in [1.165, 1.54) is 122 Å². The minimum absolute atomic E-state index is 0.447. The number of carboxylic acids is 3. The van der Waals surface area contributed by atoms with E-state index in [9.17, 15) is 29.7 Å². The Morgan fingerprint density at radius 2 is 0.804 bits per heavy atom. The van der Waals surface area contributed by atoms with Gasteiger partial charge in [0.25, 0.3) is 0 Å². The molecule has 7 nitrogen and oxygen atoms in total. The zero-order chi connectivity index (χ0) is 34.5. The van der Waals surface area contributed by atoms with Gasteiger partial charge in [-0.25, -0.2) is 0 Å². The van der Waals surface area contributed by atoms with Crippen molar-refractivity contribution < 1.29 is 34.2 Å². The molecule has 270 valence electrons. The molecule has 3 atom stereocenters. The Hall–Kier alpha value is -1.89. The molecule has 0 radical (unpaired) electrons. The van der Waals surface area contributed by atoms with Crippen LogP contribution in [0.1, 0.15) is 175 Å². The molecule has 0 spiro atoms. The number of unbranched alkanes of at least 4 members (excludes halogenated alkanes) is 20. The molecule has 0 aromatic heterocycles. The van der Waals surface area contributed by atoms with E-state index >= 15 is 0 Å². The summed E-state index contributed by atoms with van der Waals surface area (Å²) in [6.07, 6.45) is 30.9. The largest absolute Gasteiger partial charge is 0.550 e. The number of carbonyl (C=O) groups excluding carboxylic acids is 1. The quantitative estimate of drug-likeness (QED) is 0.0401. The SMILES string of the molecule is C=CCCCCCCCCCCCCCCCCCCCCCC[N+](CCC(C)C(=O)[O-])(CCC(C)C(=O)O)CCC(C)C(=O)O. The van der Waals surface area contributed by atoms with E-state index in [0.29, 0.717) is 43.4 Å². The Morgan fingerprint density at radius 3 is 1.09 bits per heavy atom. The van der Waals surface area contributed by atoms with Crippen molar-refractivity contribution in [2.24, 2.45) is 17.8 Å². The smallest absolute Gasteiger partial charge is 0.306 e. The first-order valence-corrected chi connectivity index (χ1v) is 19.2. The summed E-state index contributed by atoms with van der Waals surface area (Å²) in [5, 5.41) is 30.3. The highest BCUT2D eigenvalue weighted by atomic mass is 16.4. The van der Waals surface area contributed by atoms with Crippen molar-refractivity contribution >= 4 is 17.9 Å². The lowest BCUT2D eigenvalue weighted by atomic mass is 10.0. The summed E-state index contributed by atoms with van der Waals surface area (Å²) in [7, 11) is 0. The summed E-state index contributed by atoms with van der Waals surface area (Å²) >= 11 is 0. The van der Waals surface area contributed by atoms with Crippen molar-refractivity contribution in [2.45, 2.75) is 175 Å². The summed E-state index contributed by atoms with van der Waals surface area (Å²) in [6.45, 7) is 11.5. The second-order valence-electron chi connectivity index (χ2n) is 14.4. The van der Waals surface area contributed by atoms with Gasteiger partial charge < -0.3 is 24.6 Å². The van der Waals surface area contributed by atoms with E-state index < -0.39 is 35.7 Å². The maximum Gasteiger partial charge on any atom is 0.306 e. The third-order valence-corrected chi connectivity index (χ3v) is 10.1. The number of hydrogen-bond acceptors (Lipinski definition) is 4. The molecule has 0 aliphatic rings. The van der Waals surface area contributed by atoms with E-state index in [4.69, 9.17) is 0 Å². The van der Waals surface area contributed by atoms with Crippen molar-refractivity contribution in [3.8, 4) is 0 Å². The third kappa shape index (κ3) is 25.2. The molecule has 7 heteroatoms. The lowest BCUT2D eigenvalue weighted by Gasteiger charge is -2.41. The zero-order valence-electron chi connectivity index (χ0n) is 30.3. The molecule has 0 aromatic carbocycles. The standard InChI is InChI=1S/C39H73NO6/c1-5-6-7-8-9-10-11-12-13-14-15-16-17-18-19-20-21-22-23-24-25-26-30-40(31-27-34(2)37(41)42,32-28-35(3)38(43)44)33-29-36(4)39(45)46/h5,34-36H,1,6-33H2,2-4H3,(H2-,41,42,43,44,45,46). The molecule has 0 rings (SSSR count). The van der Waals surface area contributed by atoms with Gasteiger partial charge in [-0.3, -0.25) is 9.59 Å². The average Bonchev–Trinajstić information content (AvgIpc) is 3.03. The molecule has 0 aliphatic carbocycles. The Labute approximate surface area is 283 Å². The van der Waals surface area contributed by atoms with Gasteiger partial charge in [-0.05, 0) is 25.7 Å². The minimum Gasteiger partial charge on any atom is -0.550 e. The monoisotopic (exact) mass is 652 g/mol. The highest BCUT2D eigenvalue weighted by molar-refractivity contribution is 5.69. The van der Waals surface area contributed by atoms with Crippen LogP contribution in [0.5, 0.6) is 0 Å². The van der Waals surface area contributed by atoms with Crippen LogP contribution in [0.2, 0.25) is 0 Å². The van der Waals surface area contributed by atoms with Gasteiger partial charge in [0.15, 0.2) is 0 Å². The van der Waals surface area contributed by atoms with Crippen molar-refractivity contribution in [3.05, 3.63) is 12.7 Å². The first-order chi connectivity index (χ1) is 22.0. The van der Waals surface area contributed by atoms with E-state index in [1.807, 2.05) is 6.08 Å². The van der Waals surface area contributed by atoms with Gasteiger partial charge in [-0.15, -0.1) is 6.58 Å². The summed E-state index contributed by atoms with van der Waals surface area (Å²) in [6, 6.07) is 0. The van der Waals surface area contributed by atoms with Gasteiger partial charge in [0, 0.05) is 31.1 Å². The van der Waals surface area contributed by atoms with Crippen molar-refractivity contribution in [3.63, 3.8) is 0 Å². The Balaban J connectivity index is 4.24. The zero-order valence-corrected chi connectivity index (χ0v) is 30.3. The second kappa shape index (κ2) is 29.3. The molecule has 0 heterocycles. The van der Waals surface area contributed by atoms with Crippen LogP contribution in [0, 0.1) is 17.8 Å². The van der Waals surface area contributed by atoms with Crippen LogP contribution in [0.4, 0.5) is 0 Å². The number of nitrogens with zero attached hydrogens (tertiary/aromatic N) is 1. The van der Waals surface area contributed by atoms with Gasteiger partial charge in [0.05, 0.1) is 38.0 Å². The molecule has 0 amide bonds. The van der Waals surface area contributed by atoms with Crippen molar-refractivity contribution in [1.29, 1.82) is 0 Å². The number of quaternary nitrogens is 1. The van der Waals surface area contributed by atoms with E-state index in [2.05, 4.69) is 6.58 Å².